The van der Waals surface area contributed by atoms with Gasteiger partial charge in [-0.05, 0) is 31.2 Å². The van der Waals surface area contributed by atoms with Crippen LogP contribution in [0.15, 0.2) is 24.3 Å². The zero-order valence-electron chi connectivity index (χ0n) is 8.46. The molecule has 82 valence electrons. The Bertz CT molecular complexity index is 337. The highest BCUT2D eigenvalue weighted by molar-refractivity contribution is 6.30. The predicted octanol–water partition coefficient (Wildman–Crippen LogP) is 1.48. The van der Waals surface area contributed by atoms with Gasteiger partial charge in [0.15, 0.2) is 0 Å². The van der Waals surface area contributed by atoms with Gasteiger partial charge in [0.05, 0.1) is 5.60 Å². The highest BCUT2D eigenvalue weighted by Crippen LogP contribution is 2.18. The molecule has 3 nitrogen and oxygen atoms in total. The lowest BCUT2D eigenvalue weighted by Crippen LogP contribution is -2.38. The van der Waals surface area contributed by atoms with Gasteiger partial charge in [0, 0.05) is 23.8 Å². The van der Waals surface area contributed by atoms with Crippen LogP contribution in [0, 0.1) is 0 Å². The second-order valence-electron chi connectivity index (χ2n) is 4.02. The summed E-state index contributed by atoms with van der Waals surface area (Å²) in [5.41, 5.74) is 0.324. The molecule has 1 fully saturated rings. The lowest BCUT2D eigenvalue weighted by Gasteiger charge is -2.22. The number of anilines is 1. The summed E-state index contributed by atoms with van der Waals surface area (Å²) in [4.78, 5) is 0. The minimum absolute atomic E-state index is 0.556. The molecule has 15 heavy (non-hydrogen) atoms. The number of halogens is 1. The monoisotopic (exact) mass is 226 g/mol. The van der Waals surface area contributed by atoms with E-state index < -0.39 is 5.60 Å². The highest BCUT2D eigenvalue weighted by atomic mass is 35.5. The average molecular weight is 227 g/mol. The normalized spacial score (nSPS) is 25.5. The van der Waals surface area contributed by atoms with Gasteiger partial charge in [-0.2, -0.15) is 0 Å². The van der Waals surface area contributed by atoms with E-state index in [2.05, 4.69) is 10.6 Å². The van der Waals surface area contributed by atoms with Crippen molar-refractivity contribution >= 4 is 17.3 Å². The minimum atomic E-state index is -0.623. The molecule has 0 bridgehead atoms. The summed E-state index contributed by atoms with van der Waals surface area (Å²) < 4.78 is 0. The molecule has 1 saturated heterocycles. The van der Waals surface area contributed by atoms with Gasteiger partial charge in [-0.25, -0.2) is 0 Å². The molecular weight excluding hydrogens is 212 g/mol. The Morgan fingerprint density at radius 2 is 2.40 bits per heavy atom. The first-order chi connectivity index (χ1) is 7.18. The summed E-state index contributed by atoms with van der Waals surface area (Å²) >= 11 is 5.86. The molecule has 1 aromatic carbocycles. The number of benzene rings is 1. The Morgan fingerprint density at radius 1 is 1.53 bits per heavy atom. The minimum Gasteiger partial charge on any atom is -0.387 e. The molecule has 3 N–H and O–H groups in total. The van der Waals surface area contributed by atoms with Crippen LogP contribution in [0.4, 0.5) is 5.69 Å². The first kappa shape index (κ1) is 10.7. The summed E-state index contributed by atoms with van der Waals surface area (Å²) in [6.45, 7) is 2.09. The molecule has 1 aliphatic rings. The van der Waals surface area contributed by atoms with E-state index in [-0.39, 0.29) is 0 Å². The smallest absolute Gasteiger partial charge is 0.0954 e. The summed E-state index contributed by atoms with van der Waals surface area (Å²) in [5.74, 6) is 0. The van der Waals surface area contributed by atoms with E-state index in [0.717, 1.165) is 18.7 Å². The van der Waals surface area contributed by atoms with Crippen LogP contribution in [0.5, 0.6) is 0 Å². The summed E-state index contributed by atoms with van der Waals surface area (Å²) in [6.07, 6.45) is 0.792. The molecule has 2 rings (SSSR count). The molecular formula is C11H15ClN2O. The maximum atomic E-state index is 10.1. The molecule has 0 spiro atoms. The van der Waals surface area contributed by atoms with Gasteiger partial charge in [0.1, 0.15) is 0 Å². The predicted molar refractivity (Wildman–Crippen MR) is 62.4 cm³/mol. The second-order valence-corrected chi connectivity index (χ2v) is 4.45. The third kappa shape index (κ3) is 2.84. The molecule has 1 aromatic rings. The summed E-state index contributed by atoms with van der Waals surface area (Å²) in [6, 6.07) is 7.52. The number of hydrogen-bond acceptors (Lipinski definition) is 3. The van der Waals surface area contributed by atoms with E-state index in [1.54, 1.807) is 0 Å². The lowest BCUT2D eigenvalue weighted by atomic mass is 10.0. The maximum absolute atomic E-state index is 10.1. The van der Waals surface area contributed by atoms with Crippen LogP contribution in [0.1, 0.15) is 6.42 Å². The topological polar surface area (TPSA) is 44.3 Å². The van der Waals surface area contributed by atoms with Crippen molar-refractivity contribution in [3.05, 3.63) is 29.3 Å². The summed E-state index contributed by atoms with van der Waals surface area (Å²) in [5, 5.41) is 17.1. The number of aliphatic hydroxyl groups is 1. The average Bonchev–Trinajstić information content (AvgIpc) is 2.63. The lowest BCUT2D eigenvalue weighted by molar-refractivity contribution is 0.0752. The Labute approximate surface area is 94.4 Å². The molecule has 1 unspecified atom stereocenters. The standard InChI is InChI=1S/C11H15ClN2O/c12-9-2-1-3-10(6-9)14-8-11(15)4-5-13-7-11/h1-3,6,13-15H,4-5,7-8H2. The van der Waals surface area contributed by atoms with E-state index in [9.17, 15) is 5.11 Å². The second kappa shape index (κ2) is 4.39. The van der Waals surface area contributed by atoms with Gasteiger partial charge >= 0.3 is 0 Å². The van der Waals surface area contributed by atoms with Gasteiger partial charge in [-0.15, -0.1) is 0 Å². The number of hydrogen-bond donors (Lipinski definition) is 3. The maximum Gasteiger partial charge on any atom is 0.0954 e. The Morgan fingerprint density at radius 3 is 3.07 bits per heavy atom. The molecule has 0 aliphatic carbocycles. The van der Waals surface area contributed by atoms with Gasteiger partial charge in [0.25, 0.3) is 0 Å². The van der Waals surface area contributed by atoms with Crippen molar-refractivity contribution < 1.29 is 5.11 Å². The first-order valence-corrected chi connectivity index (χ1v) is 5.48. The molecule has 1 atom stereocenters. The molecule has 0 saturated carbocycles. The third-order valence-electron chi connectivity index (χ3n) is 2.67. The zero-order chi connectivity index (χ0) is 10.7. The van der Waals surface area contributed by atoms with Crippen molar-refractivity contribution in [1.82, 2.24) is 5.32 Å². The largest absolute Gasteiger partial charge is 0.387 e. The molecule has 4 heteroatoms. The zero-order valence-corrected chi connectivity index (χ0v) is 9.22. The summed E-state index contributed by atoms with van der Waals surface area (Å²) in [7, 11) is 0. The Balaban J connectivity index is 1.92. The SMILES string of the molecule is OC1(CNc2cccc(Cl)c2)CCNC1. The quantitative estimate of drug-likeness (QED) is 0.732. The van der Waals surface area contributed by atoms with E-state index in [1.165, 1.54) is 0 Å². The van der Waals surface area contributed by atoms with Crippen LogP contribution in [0.3, 0.4) is 0 Å². The van der Waals surface area contributed by atoms with Crippen LogP contribution in [-0.4, -0.2) is 30.3 Å². The number of rotatable bonds is 3. The molecule has 0 amide bonds. The van der Waals surface area contributed by atoms with E-state index in [1.807, 2.05) is 24.3 Å². The van der Waals surface area contributed by atoms with E-state index in [4.69, 9.17) is 11.6 Å². The molecule has 1 heterocycles. The number of nitrogens with one attached hydrogen (secondary N) is 2. The van der Waals surface area contributed by atoms with Gasteiger partial charge in [-0.1, -0.05) is 17.7 Å². The highest BCUT2D eigenvalue weighted by Gasteiger charge is 2.30. The molecule has 1 aliphatic heterocycles. The van der Waals surface area contributed by atoms with Crippen molar-refractivity contribution in [2.24, 2.45) is 0 Å². The van der Waals surface area contributed by atoms with Gasteiger partial charge in [0.2, 0.25) is 0 Å². The number of β-amino-alcohol motifs (C(OH)–C–C–N with tert-alkyl or cyclic N) is 1. The molecule has 0 aromatic heterocycles. The van der Waals surface area contributed by atoms with E-state index >= 15 is 0 Å². The first-order valence-electron chi connectivity index (χ1n) is 5.11. The fraction of sp³-hybridized carbons (Fsp3) is 0.455. The third-order valence-corrected chi connectivity index (χ3v) is 2.90. The van der Waals surface area contributed by atoms with E-state index in [0.29, 0.717) is 18.1 Å². The Hall–Kier alpha value is -0.770. The van der Waals surface area contributed by atoms with Crippen molar-refractivity contribution in [2.75, 3.05) is 25.0 Å². The van der Waals surface area contributed by atoms with Crippen LogP contribution >= 0.6 is 11.6 Å². The van der Waals surface area contributed by atoms with Crippen LogP contribution in [-0.2, 0) is 0 Å². The Kier molecular flexibility index (Phi) is 3.14. The van der Waals surface area contributed by atoms with Crippen molar-refractivity contribution in [3.63, 3.8) is 0 Å². The fourth-order valence-corrected chi connectivity index (χ4v) is 1.94. The fourth-order valence-electron chi connectivity index (χ4n) is 1.75. The van der Waals surface area contributed by atoms with Crippen molar-refractivity contribution in [1.29, 1.82) is 0 Å². The van der Waals surface area contributed by atoms with Crippen LogP contribution < -0.4 is 10.6 Å². The van der Waals surface area contributed by atoms with Crippen molar-refractivity contribution in [3.8, 4) is 0 Å². The van der Waals surface area contributed by atoms with Gasteiger partial charge in [-0.3, -0.25) is 0 Å². The van der Waals surface area contributed by atoms with Crippen LogP contribution in [0.25, 0.3) is 0 Å². The van der Waals surface area contributed by atoms with Crippen LogP contribution in [0.2, 0.25) is 5.02 Å². The van der Waals surface area contributed by atoms with Gasteiger partial charge < -0.3 is 15.7 Å². The molecule has 0 radical (unpaired) electrons. The van der Waals surface area contributed by atoms with Crippen molar-refractivity contribution in [2.45, 2.75) is 12.0 Å².